The fourth-order valence-corrected chi connectivity index (χ4v) is 6.10. The van der Waals surface area contributed by atoms with E-state index in [0.29, 0.717) is 21.4 Å². The number of methoxy groups -OCH3 is 1. The monoisotopic (exact) mass is 440 g/mol. The number of nitrogens with zero attached hydrogens (tertiary/aromatic N) is 1. The zero-order valence-electron chi connectivity index (χ0n) is 15.4. The molecule has 7 nitrogen and oxygen atoms in total. The molecule has 3 rings (SSSR count). The van der Waals surface area contributed by atoms with Crippen LogP contribution in [0, 0.1) is 0 Å². The van der Waals surface area contributed by atoms with Gasteiger partial charge >= 0.3 is 0 Å². The first-order valence-electron chi connectivity index (χ1n) is 8.62. The lowest BCUT2D eigenvalue weighted by Gasteiger charge is -2.23. The number of thiocarbonyl (C=S) groups is 1. The number of thioether (sulfide) groups is 1. The Hall–Kier alpha value is -1.91. The Balaban J connectivity index is 1.69. The van der Waals surface area contributed by atoms with Crippen molar-refractivity contribution in [3.63, 3.8) is 0 Å². The summed E-state index contributed by atoms with van der Waals surface area (Å²) in [7, 11) is -1.52. The topological polar surface area (TPSA) is 92.8 Å². The van der Waals surface area contributed by atoms with Crippen molar-refractivity contribution in [3.05, 3.63) is 34.7 Å². The van der Waals surface area contributed by atoms with E-state index in [4.69, 9.17) is 17.0 Å². The SMILES string of the molecule is COc1ccc(/C=C2\SC(=S)N([C@@H](C)C(=O)N[C@@H]3CCS(=O)(=O)C3)C2=O)cc1. The molecule has 1 N–H and O–H groups in total. The summed E-state index contributed by atoms with van der Waals surface area (Å²) in [5, 5.41) is 2.72. The van der Waals surface area contributed by atoms with Crippen molar-refractivity contribution in [2.75, 3.05) is 18.6 Å². The third kappa shape index (κ3) is 4.56. The van der Waals surface area contributed by atoms with Crippen molar-refractivity contribution in [1.29, 1.82) is 0 Å². The van der Waals surface area contributed by atoms with Gasteiger partial charge in [-0.25, -0.2) is 8.42 Å². The van der Waals surface area contributed by atoms with E-state index in [-0.39, 0.29) is 17.4 Å². The molecule has 2 amide bonds. The quantitative estimate of drug-likeness (QED) is 0.549. The van der Waals surface area contributed by atoms with Crippen LogP contribution in [0.25, 0.3) is 6.08 Å². The van der Waals surface area contributed by atoms with Gasteiger partial charge in [-0.3, -0.25) is 14.5 Å². The predicted octanol–water partition coefficient (Wildman–Crippen LogP) is 1.59. The van der Waals surface area contributed by atoms with E-state index in [2.05, 4.69) is 5.32 Å². The van der Waals surface area contributed by atoms with Crippen molar-refractivity contribution in [2.45, 2.75) is 25.4 Å². The second-order valence-corrected chi connectivity index (χ2v) is 10.5. The van der Waals surface area contributed by atoms with Gasteiger partial charge in [0.2, 0.25) is 5.91 Å². The summed E-state index contributed by atoms with van der Waals surface area (Å²) in [6, 6.07) is 5.98. The number of benzene rings is 1. The molecule has 0 saturated carbocycles. The smallest absolute Gasteiger partial charge is 0.266 e. The molecule has 2 fully saturated rings. The highest BCUT2D eigenvalue weighted by Gasteiger charge is 2.39. The minimum absolute atomic E-state index is 0.0674. The minimum atomic E-state index is -3.10. The number of sulfone groups is 1. The van der Waals surface area contributed by atoms with Gasteiger partial charge in [0.15, 0.2) is 9.84 Å². The van der Waals surface area contributed by atoms with Crippen molar-refractivity contribution in [2.24, 2.45) is 0 Å². The van der Waals surface area contributed by atoms with Gasteiger partial charge in [0.05, 0.1) is 23.5 Å². The van der Waals surface area contributed by atoms with Gasteiger partial charge in [-0.2, -0.15) is 0 Å². The molecule has 0 aliphatic carbocycles. The van der Waals surface area contributed by atoms with Crippen LogP contribution in [0.3, 0.4) is 0 Å². The number of nitrogens with one attached hydrogen (secondary N) is 1. The second-order valence-electron chi connectivity index (χ2n) is 6.61. The van der Waals surface area contributed by atoms with E-state index in [1.54, 1.807) is 32.2 Å². The summed E-state index contributed by atoms with van der Waals surface area (Å²) in [6.45, 7) is 1.58. The van der Waals surface area contributed by atoms with Crippen LogP contribution >= 0.6 is 24.0 Å². The van der Waals surface area contributed by atoms with Gasteiger partial charge in [0.1, 0.15) is 16.1 Å². The second kappa shape index (κ2) is 8.22. The third-order valence-electron chi connectivity index (χ3n) is 4.58. The molecular formula is C18H20N2O5S3. The van der Waals surface area contributed by atoms with E-state index >= 15 is 0 Å². The number of hydrogen-bond acceptors (Lipinski definition) is 7. The van der Waals surface area contributed by atoms with Crippen LogP contribution in [0.1, 0.15) is 18.9 Å². The summed E-state index contributed by atoms with van der Waals surface area (Å²) < 4.78 is 28.5. The van der Waals surface area contributed by atoms with Crippen molar-refractivity contribution < 1.29 is 22.7 Å². The Morgan fingerprint density at radius 3 is 2.64 bits per heavy atom. The van der Waals surface area contributed by atoms with Gasteiger partial charge in [-0.05, 0) is 37.1 Å². The number of ether oxygens (including phenoxy) is 1. The van der Waals surface area contributed by atoms with Crippen LogP contribution in [0.4, 0.5) is 0 Å². The normalized spacial score (nSPS) is 23.9. The van der Waals surface area contributed by atoms with Crippen LogP contribution in [-0.2, 0) is 19.4 Å². The van der Waals surface area contributed by atoms with Crippen molar-refractivity contribution in [1.82, 2.24) is 10.2 Å². The Morgan fingerprint density at radius 1 is 1.39 bits per heavy atom. The lowest BCUT2D eigenvalue weighted by molar-refractivity contribution is -0.132. The average molecular weight is 441 g/mol. The maximum absolute atomic E-state index is 12.8. The fraction of sp³-hybridized carbons (Fsp3) is 0.389. The van der Waals surface area contributed by atoms with E-state index < -0.39 is 27.8 Å². The molecule has 2 saturated heterocycles. The molecule has 2 heterocycles. The average Bonchev–Trinajstić information content (AvgIpc) is 3.13. The molecule has 150 valence electrons. The lowest BCUT2D eigenvalue weighted by Crippen LogP contribution is -2.50. The Morgan fingerprint density at radius 2 is 2.07 bits per heavy atom. The van der Waals surface area contributed by atoms with E-state index in [1.807, 2.05) is 12.1 Å². The molecule has 10 heteroatoms. The summed E-state index contributed by atoms with van der Waals surface area (Å²) in [5.41, 5.74) is 0.814. The van der Waals surface area contributed by atoms with Gasteiger partial charge in [-0.1, -0.05) is 36.1 Å². The largest absolute Gasteiger partial charge is 0.497 e. The Kier molecular flexibility index (Phi) is 6.11. The molecule has 28 heavy (non-hydrogen) atoms. The highest BCUT2D eigenvalue weighted by Crippen LogP contribution is 2.34. The van der Waals surface area contributed by atoms with Gasteiger partial charge < -0.3 is 10.1 Å². The summed E-state index contributed by atoms with van der Waals surface area (Å²) in [6.07, 6.45) is 2.10. The minimum Gasteiger partial charge on any atom is -0.497 e. The number of amides is 2. The zero-order valence-corrected chi connectivity index (χ0v) is 17.8. The molecule has 2 atom stereocenters. The number of carbonyl (C=O) groups excluding carboxylic acids is 2. The van der Waals surface area contributed by atoms with Gasteiger partial charge in [0.25, 0.3) is 5.91 Å². The van der Waals surface area contributed by atoms with Crippen LogP contribution in [0.15, 0.2) is 29.2 Å². The summed E-state index contributed by atoms with van der Waals surface area (Å²) in [5.74, 6) is -0.0420. The van der Waals surface area contributed by atoms with Gasteiger partial charge in [0, 0.05) is 6.04 Å². The maximum atomic E-state index is 12.8. The van der Waals surface area contributed by atoms with E-state index in [9.17, 15) is 18.0 Å². The lowest BCUT2D eigenvalue weighted by atomic mass is 10.2. The molecule has 0 aromatic heterocycles. The summed E-state index contributed by atoms with van der Waals surface area (Å²) in [4.78, 5) is 27.0. The first kappa shape index (κ1) is 20.8. The summed E-state index contributed by atoms with van der Waals surface area (Å²) >= 11 is 6.43. The molecule has 2 aliphatic rings. The Bertz CT molecular complexity index is 940. The molecular weight excluding hydrogens is 420 g/mol. The van der Waals surface area contributed by atoms with Crippen LogP contribution < -0.4 is 10.1 Å². The van der Waals surface area contributed by atoms with Crippen LogP contribution in [-0.4, -0.2) is 60.2 Å². The fourth-order valence-electron chi connectivity index (χ4n) is 3.01. The maximum Gasteiger partial charge on any atom is 0.266 e. The molecule has 0 bridgehead atoms. The highest BCUT2D eigenvalue weighted by molar-refractivity contribution is 8.26. The van der Waals surface area contributed by atoms with Crippen LogP contribution in [0.5, 0.6) is 5.75 Å². The van der Waals surface area contributed by atoms with Gasteiger partial charge in [-0.15, -0.1) is 0 Å². The van der Waals surface area contributed by atoms with E-state index in [1.165, 1.54) is 4.90 Å². The molecule has 0 unspecified atom stereocenters. The highest BCUT2D eigenvalue weighted by atomic mass is 32.2. The van der Waals surface area contributed by atoms with Crippen molar-refractivity contribution in [3.8, 4) is 5.75 Å². The number of hydrogen-bond donors (Lipinski definition) is 1. The van der Waals surface area contributed by atoms with E-state index in [0.717, 1.165) is 17.3 Å². The molecule has 0 spiro atoms. The molecule has 1 aromatic rings. The van der Waals surface area contributed by atoms with Crippen LogP contribution in [0.2, 0.25) is 0 Å². The number of rotatable bonds is 5. The Labute approximate surface area is 173 Å². The molecule has 1 aromatic carbocycles. The first-order valence-corrected chi connectivity index (χ1v) is 11.7. The number of carbonyl (C=O) groups is 2. The standard InChI is InChI=1S/C18H20N2O5S3/c1-11(16(21)19-13-7-8-28(23,24)10-13)20-17(22)15(27-18(20)26)9-12-3-5-14(25-2)6-4-12/h3-6,9,11,13H,7-8,10H2,1-2H3,(H,19,21)/b15-9-/t11-,13+/m0/s1. The molecule has 2 aliphatic heterocycles. The third-order valence-corrected chi connectivity index (χ3v) is 7.68. The first-order chi connectivity index (χ1) is 13.2. The zero-order chi connectivity index (χ0) is 20.5. The molecule has 0 radical (unpaired) electrons. The predicted molar refractivity (Wildman–Crippen MR) is 113 cm³/mol. The van der Waals surface area contributed by atoms with Crippen molar-refractivity contribution >= 4 is 56.0 Å².